The Bertz CT molecular complexity index is 709. The van der Waals surface area contributed by atoms with Crippen LogP contribution in [0.25, 0.3) is 0 Å². The number of likely N-dealkylation sites (tertiary alicyclic amines) is 1. The van der Waals surface area contributed by atoms with Crippen LogP contribution >= 0.6 is 11.3 Å². The lowest BCUT2D eigenvalue weighted by atomic mass is 9.91. The van der Waals surface area contributed by atoms with Crippen LogP contribution in [-0.2, 0) is 11.3 Å². The summed E-state index contributed by atoms with van der Waals surface area (Å²) in [6, 6.07) is 3.77. The van der Waals surface area contributed by atoms with Crippen molar-refractivity contribution >= 4 is 23.2 Å². The van der Waals surface area contributed by atoms with Crippen molar-refractivity contribution in [3.8, 4) is 0 Å². The molecule has 7 heteroatoms. The fraction of sp³-hybridized carbons (Fsp3) is 0.412. The van der Waals surface area contributed by atoms with Crippen molar-refractivity contribution in [3.63, 3.8) is 0 Å². The number of hydrogen-bond acceptors (Lipinski definition) is 5. The molecule has 0 bridgehead atoms. The van der Waals surface area contributed by atoms with Crippen LogP contribution in [0.2, 0.25) is 0 Å². The molecule has 1 fully saturated rings. The zero-order chi connectivity index (χ0) is 16.9. The van der Waals surface area contributed by atoms with Crippen LogP contribution in [-0.4, -0.2) is 39.8 Å². The van der Waals surface area contributed by atoms with Gasteiger partial charge in [-0.05, 0) is 24.3 Å². The molecule has 0 saturated carbocycles. The number of carbonyl (C=O) groups is 2. The average Bonchev–Trinajstić information content (AvgIpc) is 3.14. The third-order valence-electron chi connectivity index (χ3n) is 4.21. The van der Waals surface area contributed by atoms with Gasteiger partial charge in [-0.2, -0.15) is 0 Å². The summed E-state index contributed by atoms with van der Waals surface area (Å²) < 4.78 is 0. The first-order chi connectivity index (χ1) is 11.6. The summed E-state index contributed by atoms with van der Waals surface area (Å²) in [4.78, 5) is 35.1. The predicted molar refractivity (Wildman–Crippen MR) is 91.8 cm³/mol. The number of rotatable bonds is 4. The van der Waals surface area contributed by atoms with Gasteiger partial charge in [0.2, 0.25) is 5.91 Å². The molecule has 1 N–H and O–H groups in total. The number of amides is 2. The second-order valence-electron chi connectivity index (χ2n) is 5.84. The van der Waals surface area contributed by atoms with Gasteiger partial charge >= 0.3 is 0 Å². The van der Waals surface area contributed by atoms with E-state index in [0.29, 0.717) is 6.54 Å². The van der Waals surface area contributed by atoms with Gasteiger partial charge in [-0.1, -0.05) is 6.07 Å². The molecule has 0 aromatic carbocycles. The van der Waals surface area contributed by atoms with Gasteiger partial charge in [0.15, 0.2) is 0 Å². The molecular formula is C17H20N4O2S. The van der Waals surface area contributed by atoms with Gasteiger partial charge in [0.25, 0.3) is 5.91 Å². The molecule has 6 nitrogen and oxygen atoms in total. The van der Waals surface area contributed by atoms with Crippen LogP contribution < -0.4 is 5.32 Å². The number of hydrogen-bond donors (Lipinski definition) is 1. The summed E-state index contributed by atoms with van der Waals surface area (Å²) in [6.45, 7) is 3.33. The smallest absolute Gasteiger partial charge is 0.263 e. The summed E-state index contributed by atoms with van der Waals surface area (Å²) >= 11 is 1.48. The van der Waals surface area contributed by atoms with Gasteiger partial charge in [0.05, 0.1) is 22.8 Å². The van der Waals surface area contributed by atoms with Crippen LogP contribution in [0.1, 0.15) is 46.7 Å². The van der Waals surface area contributed by atoms with Crippen LogP contribution in [0.3, 0.4) is 0 Å². The Balaban J connectivity index is 1.64. The largest absolute Gasteiger partial charge is 0.351 e. The third-order valence-corrected chi connectivity index (χ3v) is 5.07. The number of carbonyl (C=O) groups excluding carboxylic acids is 2. The van der Waals surface area contributed by atoms with Gasteiger partial charge in [0.1, 0.15) is 0 Å². The molecule has 1 aliphatic rings. The summed E-state index contributed by atoms with van der Waals surface area (Å²) in [5.41, 5.74) is 1.75. The van der Waals surface area contributed by atoms with Gasteiger partial charge in [0, 0.05) is 38.3 Å². The molecule has 2 aromatic rings. The molecule has 0 aliphatic carbocycles. The first kappa shape index (κ1) is 16.6. The lowest BCUT2D eigenvalue weighted by Gasteiger charge is -2.32. The highest BCUT2D eigenvalue weighted by Gasteiger charge is 2.27. The lowest BCUT2D eigenvalue weighted by Crippen LogP contribution is -2.38. The van der Waals surface area contributed by atoms with Gasteiger partial charge in [-0.25, -0.2) is 0 Å². The van der Waals surface area contributed by atoms with Crippen LogP contribution in [0.5, 0.6) is 0 Å². The fourth-order valence-corrected chi connectivity index (χ4v) is 3.67. The number of thiophene rings is 1. The lowest BCUT2D eigenvalue weighted by molar-refractivity contribution is -0.119. The van der Waals surface area contributed by atoms with E-state index < -0.39 is 0 Å². The standard InChI is InChI=1S/C17H20N4O2S/c1-12(22)20-11-14-16(19-7-6-18-14)13-4-8-21(9-5-13)17(23)15-3-2-10-24-15/h2-3,6-7,10,13H,4-5,8-9,11H2,1H3,(H,20,22). The number of aromatic nitrogens is 2. The summed E-state index contributed by atoms with van der Waals surface area (Å²) in [6.07, 6.45) is 5.07. The zero-order valence-corrected chi connectivity index (χ0v) is 14.4. The van der Waals surface area contributed by atoms with Crippen molar-refractivity contribution < 1.29 is 9.59 Å². The van der Waals surface area contributed by atoms with E-state index in [1.165, 1.54) is 18.3 Å². The van der Waals surface area contributed by atoms with Crippen molar-refractivity contribution in [3.05, 3.63) is 46.2 Å². The molecular weight excluding hydrogens is 324 g/mol. The average molecular weight is 344 g/mol. The van der Waals surface area contributed by atoms with E-state index in [-0.39, 0.29) is 17.7 Å². The van der Waals surface area contributed by atoms with E-state index in [2.05, 4.69) is 15.3 Å². The summed E-state index contributed by atoms with van der Waals surface area (Å²) in [7, 11) is 0. The Morgan fingerprint density at radius 2 is 2.04 bits per heavy atom. The Hall–Kier alpha value is -2.28. The Morgan fingerprint density at radius 1 is 1.29 bits per heavy atom. The minimum Gasteiger partial charge on any atom is -0.351 e. The summed E-state index contributed by atoms with van der Waals surface area (Å²) in [5.74, 6) is 0.305. The fourth-order valence-electron chi connectivity index (χ4n) is 2.98. The molecule has 0 radical (unpaired) electrons. The molecule has 2 amide bonds. The predicted octanol–water partition coefficient (Wildman–Crippen LogP) is 2.19. The first-order valence-electron chi connectivity index (χ1n) is 8.02. The third kappa shape index (κ3) is 3.79. The van der Waals surface area contributed by atoms with Crippen molar-refractivity contribution in [2.45, 2.75) is 32.2 Å². The normalized spacial score (nSPS) is 15.3. The summed E-state index contributed by atoms with van der Waals surface area (Å²) in [5, 5.41) is 4.71. The molecule has 126 valence electrons. The minimum atomic E-state index is -0.0806. The highest BCUT2D eigenvalue weighted by molar-refractivity contribution is 7.12. The van der Waals surface area contributed by atoms with Crippen LogP contribution in [0.4, 0.5) is 0 Å². The van der Waals surface area contributed by atoms with E-state index in [4.69, 9.17) is 0 Å². The quantitative estimate of drug-likeness (QED) is 0.922. The van der Waals surface area contributed by atoms with Crippen molar-refractivity contribution in [2.75, 3.05) is 13.1 Å². The number of nitrogens with zero attached hydrogens (tertiary/aromatic N) is 3. The molecule has 2 aromatic heterocycles. The Labute approximate surface area is 144 Å². The molecule has 1 saturated heterocycles. The molecule has 0 unspecified atom stereocenters. The molecule has 3 heterocycles. The monoisotopic (exact) mass is 344 g/mol. The van der Waals surface area contributed by atoms with Gasteiger partial charge < -0.3 is 10.2 Å². The van der Waals surface area contributed by atoms with Gasteiger partial charge in [-0.3, -0.25) is 19.6 Å². The topological polar surface area (TPSA) is 75.2 Å². The molecule has 24 heavy (non-hydrogen) atoms. The van der Waals surface area contributed by atoms with E-state index >= 15 is 0 Å². The van der Waals surface area contributed by atoms with Crippen molar-refractivity contribution in [1.29, 1.82) is 0 Å². The number of piperidine rings is 1. The second-order valence-corrected chi connectivity index (χ2v) is 6.79. The molecule has 0 atom stereocenters. The van der Waals surface area contributed by atoms with Crippen molar-refractivity contribution in [1.82, 2.24) is 20.2 Å². The maximum Gasteiger partial charge on any atom is 0.263 e. The molecule has 3 rings (SSSR count). The van der Waals surface area contributed by atoms with Crippen LogP contribution in [0.15, 0.2) is 29.9 Å². The maximum atomic E-state index is 12.4. The zero-order valence-electron chi connectivity index (χ0n) is 13.6. The Morgan fingerprint density at radius 3 is 2.71 bits per heavy atom. The minimum absolute atomic E-state index is 0.0806. The highest BCUT2D eigenvalue weighted by atomic mass is 32.1. The Kier molecular flexibility index (Phi) is 5.20. The second kappa shape index (κ2) is 7.53. The maximum absolute atomic E-state index is 12.4. The highest BCUT2D eigenvalue weighted by Crippen LogP contribution is 2.29. The SMILES string of the molecule is CC(=O)NCc1nccnc1C1CCN(C(=O)c2cccs2)CC1. The van der Waals surface area contributed by atoms with E-state index in [0.717, 1.165) is 42.2 Å². The molecule has 1 aliphatic heterocycles. The van der Waals surface area contributed by atoms with Crippen LogP contribution in [0, 0.1) is 0 Å². The van der Waals surface area contributed by atoms with Gasteiger partial charge in [-0.15, -0.1) is 11.3 Å². The number of nitrogens with one attached hydrogen (secondary N) is 1. The first-order valence-corrected chi connectivity index (χ1v) is 8.90. The van der Waals surface area contributed by atoms with Crippen molar-refractivity contribution in [2.24, 2.45) is 0 Å². The van der Waals surface area contributed by atoms with E-state index in [9.17, 15) is 9.59 Å². The molecule has 0 spiro atoms. The van der Waals surface area contributed by atoms with E-state index in [1.54, 1.807) is 12.4 Å². The van der Waals surface area contributed by atoms with E-state index in [1.807, 2.05) is 22.4 Å².